The number of anilines is 1. The van der Waals surface area contributed by atoms with E-state index in [9.17, 15) is 4.79 Å². The van der Waals surface area contributed by atoms with Gasteiger partial charge in [-0.1, -0.05) is 30.3 Å². The average molecular weight is 293 g/mol. The van der Waals surface area contributed by atoms with Crippen LogP contribution in [0.3, 0.4) is 0 Å². The first-order valence-corrected chi connectivity index (χ1v) is 8.00. The minimum absolute atomic E-state index is 0.170. The van der Waals surface area contributed by atoms with Crippen LogP contribution in [-0.4, -0.2) is 28.8 Å². The molecule has 4 heteroatoms. The number of aromatic nitrogens is 2. The van der Waals surface area contributed by atoms with Gasteiger partial charge in [-0.25, -0.2) is 9.97 Å². The van der Waals surface area contributed by atoms with Gasteiger partial charge >= 0.3 is 0 Å². The summed E-state index contributed by atoms with van der Waals surface area (Å²) in [6.07, 6.45) is 5.52. The average Bonchev–Trinajstić information content (AvgIpc) is 3.09. The summed E-state index contributed by atoms with van der Waals surface area (Å²) in [5.41, 5.74) is 2.86. The van der Waals surface area contributed by atoms with Crippen LogP contribution in [0, 0.1) is 0 Å². The number of Topliss-reactive ketones (excluding diaryl/α,β-unsaturated/α-hetero) is 1. The van der Waals surface area contributed by atoms with Gasteiger partial charge in [0.2, 0.25) is 5.95 Å². The van der Waals surface area contributed by atoms with Crippen molar-refractivity contribution in [1.82, 2.24) is 9.97 Å². The Labute approximate surface area is 130 Å². The molecular weight excluding hydrogens is 274 g/mol. The predicted molar refractivity (Wildman–Crippen MR) is 85.3 cm³/mol. The maximum Gasteiger partial charge on any atom is 0.225 e. The van der Waals surface area contributed by atoms with Crippen LogP contribution in [-0.2, 0) is 6.42 Å². The summed E-state index contributed by atoms with van der Waals surface area (Å²) in [6, 6.07) is 10.3. The molecule has 0 saturated carbocycles. The zero-order chi connectivity index (χ0) is 14.9. The fourth-order valence-corrected chi connectivity index (χ4v) is 3.46. The largest absolute Gasteiger partial charge is 0.341 e. The van der Waals surface area contributed by atoms with Crippen LogP contribution in [0.15, 0.2) is 36.5 Å². The Morgan fingerprint density at radius 2 is 1.82 bits per heavy atom. The van der Waals surface area contributed by atoms with Gasteiger partial charge in [-0.3, -0.25) is 4.79 Å². The normalized spacial score (nSPS) is 21.0. The number of hydrogen-bond donors (Lipinski definition) is 0. The van der Waals surface area contributed by atoms with Crippen molar-refractivity contribution < 1.29 is 4.79 Å². The Morgan fingerprint density at radius 3 is 2.59 bits per heavy atom. The number of carbonyl (C=O) groups is 1. The summed E-state index contributed by atoms with van der Waals surface area (Å²) >= 11 is 0. The topological polar surface area (TPSA) is 46.1 Å². The van der Waals surface area contributed by atoms with Crippen molar-refractivity contribution in [2.24, 2.45) is 0 Å². The van der Waals surface area contributed by atoms with Gasteiger partial charge in [0.15, 0.2) is 5.78 Å². The highest BCUT2D eigenvalue weighted by Crippen LogP contribution is 2.32. The molecule has 1 saturated heterocycles. The summed E-state index contributed by atoms with van der Waals surface area (Å²) in [4.78, 5) is 23.8. The highest BCUT2D eigenvalue weighted by molar-refractivity contribution is 5.98. The SMILES string of the molecule is O=C1CC(c2ccccc2)Cc2nc(N3CCCC3)ncc21. The fraction of sp³-hybridized carbons (Fsp3) is 0.389. The number of fused-ring (bicyclic) bond motifs is 1. The van der Waals surface area contributed by atoms with E-state index in [2.05, 4.69) is 22.0 Å². The van der Waals surface area contributed by atoms with Crippen molar-refractivity contribution in [3.05, 3.63) is 53.3 Å². The second kappa shape index (κ2) is 5.52. The molecule has 1 aliphatic carbocycles. The van der Waals surface area contributed by atoms with Crippen molar-refractivity contribution in [3.8, 4) is 0 Å². The first-order valence-electron chi connectivity index (χ1n) is 8.00. The van der Waals surface area contributed by atoms with Crippen molar-refractivity contribution >= 4 is 11.7 Å². The molecule has 0 radical (unpaired) electrons. The van der Waals surface area contributed by atoms with Crippen LogP contribution in [0.25, 0.3) is 0 Å². The van der Waals surface area contributed by atoms with Crippen molar-refractivity contribution in [2.75, 3.05) is 18.0 Å². The molecule has 2 aliphatic rings. The van der Waals surface area contributed by atoms with E-state index in [4.69, 9.17) is 4.98 Å². The molecule has 0 amide bonds. The second-order valence-electron chi connectivity index (χ2n) is 6.16. The van der Waals surface area contributed by atoms with Gasteiger partial charge in [-0.2, -0.15) is 0 Å². The maximum atomic E-state index is 12.4. The third-order valence-corrected chi connectivity index (χ3v) is 4.69. The zero-order valence-electron chi connectivity index (χ0n) is 12.5. The van der Waals surface area contributed by atoms with Gasteiger partial charge in [-0.05, 0) is 30.7 Å². The van der Waals surface area contributed by atoms with E-state index < -0.39 is 0 Å². The molecule has 1 fully saturated rings. The molecule has 1 atom stereocenters. The minimum Gasteiger partial charge on any atom is -0.341 e. The van der Waals surface area contributed by atoms with E-state index in [0.29, 0.717) is 6.42 Å². The molecule has 112 valence electrons. The molecule has 0 spiro atoms. The van der Waals surface area contributed by atoms with E-state index >= 15 is 0 Å². The van der Waals surface area contributed by atoms with Crippen LogP contribution in [0.5, 0.6) is 0 Å². The Hall–Kier alpha value is -2.23. The molecule has 22 heavy (non-hydrogen) atoms. The van der Waals surface area contributed by atoms with Crippen LogP contribution in [0.2, 0.25) is 0 Å². The van der Waals surface area contributed by atoms with E-state index in [0.717, 1.165) is 36.7 Å². The van der Waals surface area contributed by atoms with Gasteiger partial charge in [0.05, 0.1) is 11.3 Å². The lowest BCUT2D eigenvalue weighted by atomic mass is 9.82. The lowest BCUT2D eigenvalue weighted by molar-refractivity contribution is 0.0962. The van der Waals surface area contributed by atoms with Gasteiger partial charge in [0, 0.05) is 25.7 Å². The summed E-state index contributed by atoms with van der Waals surface area (Å²) < 4.78 is 0. The second-order valence-corrected chi connectivity index (χ2v) is 6.16. The fourth-order valence-electron chi connectivity index (χ4n) is 3.46. The summed E-state index contributed by atoms with van der Waals surface area (Å²) in [6.45, 7) is 2.05. The van der Waals surface area contributed by atoms with Crippen LogP contribution < -0.4 is 4.90 Å². The van der Waals surface area contributed by atoms with E-state index in [1.54, 1.807) is 6.20 Å². The lowest BCUT2D eigenvalue weighted by Crippen LogP contribution is -2.25. The standard InChI is InChI=1S/C18H19N3O/c22-17-11-14(13-6-2-1-3-7-13)10-16-15(17)12-19-18(20-16)21-8-4-5-9-21/h1-3,6-7,12,14H,4-5,8-11H2. The highest BCUT2D eigenvalue weighted by atomic mass is 16.1. The van der Waals surface area contributed by atoms with Gasteiger partial charge in [-0.15, -0.1) is 0 Å². The molecule has 1 aliphatic heterocycles. The highest BCUT2D eigenvalue weighted by Gasteiger charge is 2.28. The Bertz CT molecular complexity index is 693. The number of ketones is 1. The van der Waals surface area contributed by atoms with Crippen molar-refractivity contribution in [2.45, 2.75) is 31.6 Å². The molecule has 4 rings (SSSR count). The lowest BCUT2D eigenvalue weighted by Gasteiger charge is -2.24. The molecule has 0 bridgehead atoms. The van der Waals surface area contributed by atoms with Gasteiger partial charge in [0.1, 0.15) is 0 Å². The van der Waals surface area contributed by atoms with Crippen molar-refractivity contribution in [1.29, 1.82) is 0 Å². The number of benzene rings is 1. The predicted octanol–water partition coefficient (Wildman–Crippen LogP) is 2.99. The maximum absolute atomic E-state index is 12.4. The van der Waals surface area contributed by atoms with E-state index in [1.807, 2.05) is 18.2 Å². The molecule has 4 nitrogen and oxygen atoms in total. The third-order valence-electron chi connectivity index (χ3n) is 4.69. The van der Waals surface area contributed by atoms with Crippen LogP contribution >= 0.6 is 0 Å². The Morgan fingerprint density at radius 1 is 1.05 bits per heavy atom. The molecule has 2 aromatic rings. The number of nitrogens with zero attached hydrogens (tertiary/aromatic N) is 3. The molecule has 0 N–H and O–H groups in total. The number of carbonyl (C=O) groups excluding carboxylic acids is 1. The first kappa shape index (κ1) is 13.4. The summed E-state index contributed by atoms with van der Waals surface area (Å²) in [7, 11) is 0. The molecule has 1 aromatic carbocycles. The molecular formula is C18H19N3O. The summed E-state index contributed by atoms with van der Waals surface area (Å²) in [5, 5.41) is 0. The zero-order valence-corrected chi connectivity index (χ0v) is 12.5. The molecule has 1 aromatic heterocycles. The number of rotatable bonds is 2. The Kier molecular flexibility index (Phi) is 3.37. The van der Waals surface area contributed by atoms with Gasteiger partial charge < -0.3 is 4.90 Å². The monoisotopic (exact) mass is 293 g/mol. The van der Waals surface area contributed by atoms with Crippen LogP contribution in [0.4, 0.5) is 5.95 Å². The smallest absolute Gasteiger partial charge is 0.225 e. The molecule has 2 heterocycles. The Balaban J connectivity index is 1.66. The number of hydrogen-bond acceptors (Lipinski definition) is 4. The van der Waals surface area contributed by atoms with Crippen LogP contribution in [0.1, 0.15) is 46.8 Å². The first-order chi connectivity index (χ1) is 10.8. The summed E-state index contributed by atoms with van der Waals surface area (Å²) in [5.74, 6) is 1.20. The minimum atomic E-state index is 0.170. The van der Waals surface area contributed by atoms with E-state index in [-0.39, 0.29) is 11.7 Å². The quantitative estimate of drug-likeness (QED) is 0.854. The van der Waals surface area contributed by atoms with E-state index in [1.165, 1.54) is 18.4 Å². The molecule has 1 unspecified atom stereocenters. The van der Waals surface area contributed by atoms with Gasteiger partial charge in [0.25, 0.3) is 0 Å². The van der Waals surface area contributed by atoms with Crippen molar-refractivity contribution in [3.63, 3.8) is 0 Å². The third kappa shape index (κ3) is 2.39.